The molecule has 2 heterocycles. The lowest BCUT2D eigenvalue weighted by atomic mass is 9.54. The van der Waals surface area contributed by atoms with Gasteiger partial charge in [0.05, 0.1) is 24.8 Å². The third-order valence-electron chi connectivity index (χ3n) is 7.92. The Bertz CT molecular complexity index is 1040. The average Bonchev–Trinajstić information content (AvgIpc) is 3.00. The van der Waals surface area contributed by atoms with Crippen LogP contribution in [0.25, 0.3) is 0 Å². The van der Waals surface area contributed by atoms with E-state index in [2.05, 4.69) is 19.9 Å². The summed E-state index contributed by atoms with van der Waals surface area (Å²) in [5.74, 6) is 1.29. The summed E-state index contributed by atoms with van der Waals surface area (Å²) in [6.07, 6.45) is 2.70. The van der Waals surface area contributed by atoms with Crippen molar-refractivity contribution >= 4 is 5.90 Å². The van der Waals surface area contributed by atoms with Gasteiger partial charge in [-0.25, -0.2) is 0 Å². The first kappa shape index (κ1) is 22.4. The first-order valence-corrected chi connectivity index (χ1v) is 11.5. The molecule has 33 heavy (non-hydrogen) atoms. The summed E-state index contributed by atoms with van der Waals surface area (Å²) in [6.45, 7) is 4.27. The summed E-state index contributed by atoms with van der Waals surface area (Å²) in [5, 5.41) is 10.5. The minimum atomic E-state index is -4.33. The minimum absolute atomic E-state index is 0.0464. The van der Waals surface area contributed by atoms with Gasteiger partial charge in [0, 0.05) is 25.3 Å². The third kappa shape index (κ3) is 3.66. The summed E-state index contributed by atoms with van der Waals surface area (Å²) in [5.41, 5.74) is 1.93. The standard InChI is InChI=1S/C26H29F3NO3/c1-15-10-22(32-3)30-19-11-18(31)12-20-23(19)25(15)14-24(2,9-8-21(25)33-20)13-16-4-6-17(7-5-16)26(27,28)29/h4-7,18-19,21,31H,8-9,11-14H2,1-3H3/q+1/t18-,19-,21+,24?,25?/m0/s1. The van der Waals surface area contributed by atoms with Crippen molar-refractivity contribution in [3.05, 3.63) is 58.4 Å². The van der Waals surface area contributed by atoms with Gasteiger partial charge in [0.1, 0.15) is 17.3 Å². The number of aliphatic hydroxyl groups is 1. The van der Waals surface area contributed by atoms with Crippen LogP contribution in [0, 0.1) is 16.9 Å². The monoisotopic (exact) mass is 460 g/mol. The Morgan fingerprint density at radius 1 is 1.27 bits per heavy atom. The van der Waals surface area contributed by atoms with Gasteiger partial charge < -0.3 is 14.6 Å². The lowest BCUT2D eigenvalue weighted by Gasteiger charge is -2.47. The number of nitrogens with zero attached hydrogens (tertiary/aromatic N) is 1. The Labute approximate surface area is 192 Å². The molecular weight excluding hydrogens is 431 g/mol. The van der Waals surface area contributed by atoms with Crippen molar-refractivity contribution in [1.82, 2.24) is 0 Å². The predicted molar refractivity (Wildman–Crippen MR) is 117 cm³/mol. The van der Waals surface area contributed by atoms with Crippen molar-refractivity contribution in [1.29, 1.82) is 0 Å². The molecule has 4 nitrogen and oxygen atoms in total. The van der Waals surface area contributed by atoms with E-state index in [1.807, 2.05) is 0 Å². The topological polar surface area (TPSA) is 51.0 Å². The van der Waals surface area contributed by atoms with Gasteiger partial charge in [-0.15, -0.1) is 0 Å². The quantitative estimate of drug-likeness (QED) is 0.601. The summed E-state index contributed by atoms with van der Waals surface area (Å²) in [7, 11) is 1.58. The summed E-state index contributed by atoms with van der Waals surface area (Å²) >= 11 is 0. The molecular formula is C26H29F3NO3+. The van der Waals surface area contributed by atoms with Crippen LogP contribution in [0.2, 0.25) is 0 Å². The SMILES string of the molecule is COC1=N[C@H]2C[C@H](O)CC3=C2C2(CC(C)(Cc4ccc(C(F)(F)F)cc4)CC[C@H]2O3)C(C)=[C+]1. The highest BCUT2D eigenvalue weighted by atomic mass is 19.4. The van der Waals surface area contributed by atoms with Crippen LogP contribution in [-0.2, 0) is 22.1 Å². The molecule has 1 N–H and O–H groups in total. The number of aliphatic imine (C=N–C) groups is 1. The van der Waals surface area contributed by atoms with Crippen molar-refractivity contribution in [2.24, 2.45) is 15.8 Å². The maximum Gasteiger partial charge on any atom is 0.470 e. The van der Waals surface area contributed by atoms with Crippen LogP contribution in [-0.4, -0.2) is 36.4 Å². The van der Waals surface area contributed by atoms with E-state index in [0.29, 0.717) is 25.2 Å². The number of hydrogen-bond acceptors (Lipinski definition) is 4. The minimum Gasteiger partial charge on any atom is -0.493 e. The largest absolute Gasteiger partial charge is 0.493 e. The highest BCUT2D eigenvalue weighted by Crippen LogP contribution is 2.63. The van der Waals surface area contributed by atoms with Crippen LogP contribution in [0.4, 0.5) is 13.2 Å². The smallest absolute Gasteiger partial charge is 0.470 e. The second kappa shape index (κ2) is 7.57. The zero-order valence-corrected chi connectivity index (χ0v) is 19.1. The average molecular weight is 461 g/mol. The van der Waals surface area contributed by atoms with E-state index < -0.39 is 17.8 Å². The number of alkyl halides is 3. The Kier molecular flexibility index (Phi) is 5.15. The van der Waals surface area contributed by atoms with Gasteiger partial charge in [0.2, 0.25) is 0 Å². The normalized spacial score (nSPS) is 35.4. The highest BCUT2D eigenvalue weighted by Gasteiger charge is 2.64. The Morgan fingerprint density at radius 2 is 2.00 bits per heavy atom. The highest BCUT2D eigenvalue weighted by molar-refractivity contribution is 5.85. The van der Waals surface area contributed by atoms with E-state index in [0.717, 1.165) is 41.7 Å². The molecule has 0 bridgehead atoms. The lowest BCUT2D eigenvalue weighted by Crippen LogP contribution is -2.47. The first-order chi connectivity index (χ1) is 15.5. The van der Waals surface area contributed by atoms with Gasteiger partial charge in [-0.2, -0.15) is 18.2 Å². The maximum atomic E-state index is 13.0. The molecule has 0 saturated heterocycles. The molecule has 1 aromatic carbocycles. The molecule has 5 rings (SSSR count). The number of rotatable bonds is 2. The van der Waals surface area contributed by atoms with Crippen LogP contribution in [0.15, 0.2) is 46.2 Å². The molecule has 7 heteroatoms. The summed E-state index contributed by atoms with van der Waals surface area (Å²) in [4.78, 5) is 4.77. The Morgan fingerprint density at radius 3 is 2.67 bits per heavy atom. The predicted octanol–water partition coefficient (Wildman–Crippen LogP) is 5.41. The van der Waals surface area contributed by atoms with Crippen LogP contribution in [0.3, 0.4) is 0 Å². The second-order valence-electron chi connectivity index (χ2n) is 10.3. The molecule has 1 fully saturated rings. The third-order valence-corrected chi connectivity index (χ3v) is 7.92. The molecule has 1 aromatic rings. The molecule has 2 unspecified atom stereocenters. The van der Waals surface area contributed by atoms with Crippen LogP contribution in [0.1, 0.15) is 57.1 Å². The zero-order valence-electron chi connectivity index (χ0n) is 19.1. The number of aliphatic hydroxyl groups excluding tert-OH is 1. The molecule has 4 aliphatic rings. The second-order valence-corrected chi connectivity index (χ2v) is 10.3. The molecule has 1 spiro atoms. The van der Waals surface area contributed by atoms with Crippen molar-refractivity contribution in [3.63, 3.8) is 0 Å². The first-order valence-electron chi connectivity index (χ1n) is 11.5. The van der Waals surface area contributed by atoms with Crippen molar-refractivity contribution < 1.29 is 27.8 Å². The fourth-order valence-corrected chi connectivity index (χ4v) is 6.53. The van der Waals surface area contributed by atoms with E-state index in [4.69, 9.17) is 14.5 Å². The van der Waals surface area contributed by atoms with Crippen LogP contribution >= 0.6 is 0 Å². The van der Waals surface area contributed by atoms with E-state index in [1.54, 1.807) is 19.2 Å². The van der Waals surface area contributed by atoms with E-state index in [9.17, 15) is 18.3 Å². The van der Waals surface area contributed by atoms with Gasteiger partial charge >= 0.3 is 18.2 Å². The number of ether oxygens (including phenoxy) is 2. The molecule has 2 aliphatic carbocycles. The van der Waals surface area contributed by atoms with E-state index in [-0.39, 0.29) is 23.0 Å². The van der Waals surface area contributed by atoms with Crippen LogP contribution in [0.5, 0.6) is 0 Å². The molecule has 5 atom stereocenters. The maximum absolute atomic E-state index is 13.0. The lowest BCUT2D eigenvalue weighted by molar-refractivity contribution is -0.137. The van der Waals surface area contributed by atoms with E-state index in [1.165, 1.54) is 12.1 Å². The fourth-order valence-electron chi connectivity index (χ4n) is 6.53. The van der Waals surface area contributed by atoms with Gasteiger partial charge in [0.25, 0.3) is 0 Å². The van der Waals surface area contributed by atoms with E-state index >= 15 is 0 Å². The number of halogens is 3. The molecule has 0 radical (unpaired) electrons. The van der Waals surface area contributed by atoms with Crippen molar-refractivity contribution in [3.8, 4) is 0 Å². The Balaban J connectivity index is 1.51. The van der Waals surface area contributed by atoms with Gasteiger partial charge in [-0.1, -0.05) is 19.1 Å². The number of hydrogen-bond donors (Lipinski definition) is 1. The van der Waals surface area contributed by atoms with Crippen LogP contribution < -0.4 is 0 Å². The molecule has 0 amide bonds. The zero-order chi connectivity index (χ0) is 23.6. The summed E-state index contributed by atoms with van der Waals surface area (Å²) < 4.78 is 50.9. The molecule has 176 valence electrons. The molecule has 1 saturated carbocycles. The number of benzene rings is 1. The van der Waals surface area contributed by atoms with Crippen molar-refractivity contribution in [2.45, 2.75) is 76.8 Å². The van der Waals surface area contributed by atoms with Crippen molar-refractivity contribution in [2.75, 3.05) is 7.11 Å². The van der Waals surface area contributed by atoms with Gasteiger partial charge in [-0.3, -0.25) is 0 Å². The summed E-state index contributed by atoms with van der Waals surface area (Å²) in [6, 6.07) is 5.32. The van der Waals surface area contributed by atoms with Gasteiger partial charge in [0.15, 0.2) is 5.57 Å². The Hall–Kier alpha value is -2.37. The fraction of sp³-hybridized carbons (Fsp3) is 0.577. The number of methoxy groups -OCH3 is 1. The molecule has 2 aliphatic heterocycles. The molecule has 0 aromatic heterocycles. The van der Waals surface area contributed by atoms with Gasteiger partial charge in [-0.05, 0) is 48.8 Å².